The van der Waals surface area contributed by atoms with Crippen LogP contribution in [0.5, 0.6) is 5.75 Å². The highest BCUT2D eigenvalue weighted by molar-refractivity contribution is 7.89. The normalized spacial score (nSPS) is 13.2. The number of nitrogens with one attached hydrogen (secondary N) is 4. The Morgan fingerprint density at radius 2 is 1.76 bits per heavy atom. The van der Waals surface area contributed by atoms with E-state index in [1.54, 1.807) is 50.6 Å². The van der Waals surface area contributed by atoms with Crippen molar-refractivity contribution >= 4 is 50.7 Å². The average molecular weight is 607 g/mol. The number of halogens is 1. The lowest BCUT2D eigenvalue weighted by Crippen LogP contribution is -2.39. The number of aryl methyl sites for hydroxylation is 1. The van der Waals surface area contributed by atoms with E-state index in [0.717, 1.165) is 36.0 Å². The molecule has 1 amide bonds. The molecule has 0 atom stereocenters. The van der Waals surface area contributed by atoms with Gasteiger partial charge in [0, 0.05) is 18.7 Å². The van der Waals surface area contributed by atoms with Crippen LogP contribution < -0.4 is 25.4 Å². The first kappa shape index (κ1) is 29.3. The number of carbonyl (C=O) groups excluding carboxylic acids is 1. The van der Waals surface area contributed by atoms with Crippen molar-refractivity contribution in [3.63, 3.8) is 0 Å². The molecule has 0 bridgehead atoms. The third-order valence-electron chi connectivity index (χ3n) is 7.08. The van der Waals surface area contributed by atoms with Gasteiger partial charge in [-0.15, -0.1) is 0 Å². The van der Waals surface area contributed by atoms with E-state index in [2.05, 4.69) is 30.6 Å². The second kappa shape index (κ2) is 12.4. The zero-order valence-corrected chi connectivity index (χ0v) is 24.9. The highest BCUT2D eigenvalue weighted by atomic mass is 35.5. The van der Waals surface area contributed by atoms with Crippen LogP contribution >= 0.6 is 11.6 Å². The molecule has 0 unspecified atom stereocenters. The van der Waals surface area contributed by atoms with Gasteiger partial charge in [-0.2, -0.15) is 4.98 Å². The Bertz CT molecular complexity index is 1730. The summed E-state index contributed by atoms with van der Waals surface area (Å²) in [5.41, 5.74) is 4.37. The van der Waals surface area contributed by atoms with Gasteiger partial charge < -0.3 is 20.7 Å². The summed E-state index contributed by atoms with van der Waals surface area (Å²) < 4.78 is 34.6. The Balaban J connectivity index is 1.40. The third kappa shape index (κ3) is 6.33. The van der Waals surface area contributed by atoms with Crippen molar-refractivity contribution in [1.29, 1.82) is 0 Å². The molecule has 12 heteroatoms. The van der Waals surface area contributed by atoms with E-state index in [1.807, 2.05) is 31.2 Å². The minimum atomic E-state index is -3.74. The van der Waals surface area contributed by atoms with Crippen molar-refractivity contribution < 1.29 is 17.9 Å². The Morgan fingerprint density at radius 3 is 2.43 bits per heavy atom. The van der Waals surface area contributed by atoms with Crippen molar-refractivity contribution in [3.8, 4) is 16.9 Å². The summed E-state index contributed by atoms with van der Waals surface area (Å²) in [5.74, 6) is 0.874. The highest BCUT2D eigenvalue weighted by Crippen LogP contribution is 2.36. The fourth-order valence-electron chi connectivity index (χ4n) is 4.59. The molecule has 1 fully saturated rings. The van der Waals surface area contributed by atoms with Crippen LogP contribution in [0.25, 0.3) is 11.1 Å². The summed E-state index contributed by atoms with van der Waals surface area (Å²) in [6.45, 7) is 1.97. The van der Waals surface area contributed by atoms with Crippen LogP contribution in [-0.4, -0.2) is 44.5 Å². The molecule has 5 rings (SSSR count). The van der Waals surface area contributed by atoms with E-state index in [-0.39, 0.29) is 33.6 Å². The van der Waals surface area contributed by atoms with Crippen LogP contribution in [0.1, 0.15) is 35.2 Å². The number of anilines is 4. The predicted octanol–water partition coefficient (Wildman–Crippen LogP) is 5.79. The zero-order chi connectivity index (χ0) is 29.9. The Morgan fingerprint density at radius 1 is 1.02 bits per heavy atom. The van der Waals surface area contributed by atoms with Gasteiger partial charge in [-0.25, -0.2) is 18.1 Å². The van der Waals surface area contributed by atoms with E-state index in [0.29, 0.717) is 22.7 Å². The minimum Gasteiger partial charge on any atom is -0.495 e. The number of rotatable bonds is 10. The molecule has 218 valence electrons. The molecule has 10 nitrogen and oxygen atoms in total. The molecule has 1 aliphatic rings. The van der Waals surface area contributed by atoms with Crippen molar-refractivity contribution in [1.82, 2.24) is 20.0 Å². The average Bonchev–Trinajstić information content (AvgIpc) is 2.97. The number of hydrogen-bond donors (Lipinski definition) is 4. The number of benzene rings is 3. The second-order valence-corrected chi connectivity index (χ2v) is 12.0. The molecule has 1 aliphatic carbocycles. The fraction of sp³-hybridized carbons (Fsp3) is 0.233. The number of aromatic nitrogens is 2. The first-order chi connectivity index (χ1) is 20.2. The van der Waals surface area contributed by atoms with Gasteiger partial charge in [0.2, 0.25) is 16.0 Å². The van der Waals surface area contributed by atoms with E-state index in [9.17, 15) is 13.2 Å². The van der Waals surface area contributed by atoms with E-state index in [4.69, 9.17) is 16.3 Å². The van der Waals surface area contributed by atoms with Gasteiger partial charge in [0.25, 0.3) is 5.91 Å². The van der Waals surface area contributed by atoms with Crippen molar-refractivity contribution in [2.24, 2.45) is 0 Å². The predicted molar refractivity (Wildman–Crippen MR) is 165 cm³/mol. The first-order valence-corrected chi connectivity index (χ1v) is 15.2. The fourth-order valence-corrected chi connectivity index (χ4v) is 6.19. The Kier molecular flexibility index (Phi) is 8.62. The van der Waals surface area contributed by atoms with E-state index in [1.165, 1.54) is 6.20 Å². The molecule has 1 saturated carbocycles. The van der Waals surface area contributed by atoms with E-state index < -0.39 is 10.0 Å². The molecule has 4 N–H and O–H groups in total. The van der Waals surface area contributed by atoms with Crippen LogP contribution in [0.3, 0.4) is 0 Å². The maximum atomic E-state index is 13.1. The maximum Gasteiger partial charge on any atom is 0.251 e. The lowest BCUT2D eigenvalue weighted by atomic mass is 9.94. The molecule has 1 aromatic heterocycles. The first-order valence-electron chi connectivity index (χ1n) is 13.4. The van der Waals surface area contributed by atoms with Crippen LogP contribution in [0.15, 0.2) is 71.8 Å². The smallest absolute Gasteiger partial charge is 0.251 e. The Hall–Kier alpha value is -4.19. The molecule has 0 saturated heterocycles. The van der Waals surface area contributed by atoms with Crippen LogP contribution in [0, 0.1) is 6.92 Å². The lowest BCUT2D eigenvalue weighted by Gasteiger charge is -2.26. The number of para-hydroxylation sites is 1. The largest absolute Gasteiger partial charge is 0.495 e. The quantitative estimate of drug-likeness (QED) is 0.178. The van der Waals surface area contributed by atoms with Crippen LogP contribution in [-0.2, 0) is 10.0 Å². The van der Waals surface area contributed by atoms with Gasteiger partial charge in [0.05, 0.1) is 24.7 Å². The van der Waals surface area contributed by atoms with Gasteiger partial charge >= 0.3 is 0 Å². The van der Waals surface area contributed by atoms with Gasteiger partial charge in [-0.1, -0.05) is 42.3 Å². The molecule has 0 spiro atoms. The summed E-state index contributed by atoms with van der Waals surface area (Å²) >= 11 is 6.41. The van der Waals surface area contributed by atoms with Crippen molar-refractivity contribution in [2.45, 2.75) is 37.1 Å². The second-order valence-electron chi connectivity index (χ2n) is 9.91. The van der Waals surface area contributed by atoms with Crippen LogP contribution in [0.2, 0.25) is 5.02 Å². The highest BCUT2D eigenvalue weighted by Gasteiger charge is 2.26. The number of nitrogens with zero attached hydrogens (tertiary/aromatic N) is 2. The maximum absolute atomic E-state index is 13.1. The topological polar surface area (TPSA) is 134 Å². The molecular formula is C30H31ClN6O4S. The number of hydrogen-bond acceptors (Lipinski definition) is 8. The van der Waals surface area contributed by atoms with Gasteiger partial charge in [-0.3, -0.25) is 4.79 Å². The standard InChI is InChI=1S/C30H31ClN6O4S/c1-18-15-25(26(41-3)16-22(18)19-11-13-20(14-12-19)29(38)32-2)35-30-33-17-23(31)28(36-30)34-24-9-4-5-10-27(24)42(39,40)37-21-7-6-8-21/h4-5,9-17,21,37H,6-8H2,1-3H3,(H,32,38)(H2,33,34,35,36). The third-order valence-corrected chi connectivity index (χ3v) is 8.93. The summed E-state index contributed by atoms with van der Waals surface area (Å²) in [7, 11) is -0.579. The molecular weight excluding hydrogens is 576 g/mol. The summed E-state index contributed by atoms with van der Waals surface area (Å²) in [5, 5.41) is 9.09. The summed E-state index contributed by atoms with van der Waals surface area (Å²) in [4.78, 5) is 20.8. The lowest BCUT2D eigenvalue weighted by molar-refractivity contribution is 0.0963. The monoisotopic (exact) mass is 606 g/mol. The zero-order valence-electron chi connectivity index (χ0n) is 23.4. The molecule has 0 radical (unpaired) electrons. The van der Waals surface area contributed by atoms with Gasteiger partial charge in [-0.05, 0) is 72.9 Å². The molecule has 4 aromatic rings. The summed E-state index contributed by atoms with van der Waals surface area (Å²) in [6.07, 6.45) is 4.11. The molecule has 0 aliphatic heterocycles. The van der Waals surface area contributed by atoms with Gasteiger partial charge in [0.15, 0.2) is 5.82 Å². The molecule has 1 heterocycles. The summed E-state index contributed by atoms with van der Waals surface area (Å²) in [6, 6.07) is 17.7. The minimum absolute atomic E-state index is 0.0479. The number of ether oxygens (including phenoxy) is 1. The number of amides is 1. The number of methoxy groups -OCH3 is 1. The van der Waals surface area contributed by atoms with Crippen molar-refractivity contribution in [3.05, 3.63) is 83.0 Å². The number of sulfonamides is 1. The SMILES string of the molecule is CNC(=O)c1ccc(-c2cc(OC)c(Nc3ncc(Cl)c(Nc4ccccc4S(=O)(=O)NC4CCC4)n3)cc2C)cc1. The van der Waals surface area contributed by atoms with Crippen molar-refractivity contribution in [2.75, 3.05) is 24.8 Å². The number of carbonyl (C=O) groups is 1. The van der Waals surface area contributed by atoms with Gasteiger partial charge in [0.1, 0.15) is 15.7 Å². The molecule has 42 heavy (non-hydrogen) atoms. The molecule has 3 aromatic carbocycles. The van der Waals surface area contributed by atoms with E-state index >= 15 is 0 Å². The Labute approximate surface area is 249 Å². The van der Waals surface area contributed by atoms with Crippen LogP contribution in [0.4, 0.5) is 23.1 Å².